The van der Waals surface area contributed by atoms with Crippen LogP contribution in [0.4, 0.5) is 8.78 Å². The van der Waals surface area contributed by atoms with Gasteiger partial charge in [0.1, 0.15) is 0 Å². The molecule has 3 rings (SSSR count). The summed E-state index contributed by atoms with van der Waals surface area (Å²) in [6, 6.07) is 10.6. The number of benzene rings is 2. The largest absolute Gasteiger partial charge is 0.360 e. The molecule has 1 heterocycles. The van der Waals surface area contributed by atoms with Crippen molar-refractivity contribution in [3.63, 3.8) is 0 Å². The van der Waals surface area contributed by atoms with Gasteiger partial charge in [-0.15, -0.1) is 0 Å². The van der Waals surface area contributed by atoms with Gasteiger partial charge in [-0.1, -0.05) is 30.0 Å². The number of halogens is 2. The highest BCUT2D eigenvalue weighted by Gasteiger charge is 2.14. The van der Waals surface area contributed by atoms with Crippen LogP contribution in [0.3, 0.4) is 0 Å². The van der Waals surface area contributed by atoms with Crippen molar-refractivity contribution >= 4 is 22.7 Å². The molecule has 0 atom stereocenters. The molecule has 0 saturated heterocycles. The van der Waals surface area contributed by atoms with Crippen LogP contribution in [0.5, 0.6) is 0 Å². The summed E-state index contributed by atoms with van der Waals surface area (Å²) in [7, 11) is 1.88. The first-order valence-corrected chi connectivity index (χ1v) is 7.38. The van der Waals surface area contributed by atoms with Crippen molar-refractivity contribution in [3.05, 3.63) is 59.8 Å². The molecule has 2 N–H and O–H groups in total. The standard InChI is InChI=1S/C16H14F2N2S/c1-19-8-10-4-2-3-5-13(10)21-14-9-20-12-7-6-11(17)16(18)15(12)14/h2-7,9,19-20H,8H2,1H3. The Balaban J connectivity index is 2.05. The smallest absolute Gasteiger partial charge is 0.169 e. The predicted octanol–water partition coefficient (Wildman–Crippen LogP) is 4.32. The van der Waals surface area contributed by atoms with Crippen LogP contribution in [-0.4, -0.2) is 12.0 Å². The second-order valence-electron chi connectivity index (χ2n) is 4.68. The molecule has 108 valence electrons. The molecule has 2 aromatic carbocycles. The van der Waals surface area contributed by atoms with Crippen LogP contribution in [0.25, 0.3) is 10.9 Å². The third-order valence-electron chi connectivity index (χ3n) is 3.26. The van der Waals surface area contributed by atoms with E-state index in [1.54, 1.807) is 12.3 Å². The topological polar surface area (TPSA) is 27.8 Å². The lowest BCUT2D eigenvalue weighted by Crippen LogP contribution is -2.05. The molecular formula is C16H14F2N2S. The molecule has 0 unspecified atom stereocenters. The van der Waals surface area contributed by atoms with E-state index in [0.717, 1.165) is 23.1 Å². The molecule has 5 heteroatoms. The number of hydrogen-bond acceptors (Lipinski definition) is 2. The van der Waals surface area contributed by atoms with E-state index in [1.807, 2.05) is 31.3 Å². The summed E-state index contributed by atoms with van der Waals surface area (Å²) < 4.78 is 27.5. The maximum Gasteiger partial charge on any atom is 0.169 e. The second kappa shape index (κ2) is 5.87. The Morgan fingerprint density at radius 1 is 1.10 bits per heavy atom. The van der Waals surface area contributed by atoms with E-state index in [9.17, 15) is 8.78 Å². The van der Waals surface area contributed by atoms with E-state index in [4.69, 9.17) is 0 Å². The molecule has 0 amide bonds. The summed E-state index contributed by atoms with van der Waals surface area (Å²) in [5.41, 5.74) is 1.72. The maximum atomic E-state index is 14.0. The number of H-pyrrole nitrogens is 1. The third kappa shape index (κ3) is 2.66. The van der Waals surface area contributed by atoms with Crippen LogP contribution in [0.1, 0.15) is 5.56 Å². The molecule has 0 spiro atoms. The molecule has 3 aromatic rings. The second-order valence-corrected chi connectivity index (χ2v) is 5.76. The Morgan fingerprint density at radius 2 is 1.90 bits per heavy atom. The average Bonchev–Trinajstić information content (AvgIpc) is 2.89. The highest BCUT2D eigenvalue weighted by Crippen LogP contribution is 2.37. The lowest BCUT2D eigenvalue weighted by molar-refractivity contribution is 0.516. The Hall–Kier alpha value is -1.85. The Morgan fingerprint density at radius 3 is 2.71 bits per heavy atom. The van der Waals surface area contributed by atoms with Crippen molar-refractivity contribution in [1.82, 2.24) is 10.3 Å². The van der Waals surface area contributed by atoms with Gasteiger partial charge in [-0.05, 0) is 30.8 Å². The molecule has 0 aliphatic carbocycles. The first-order chi connectivity index (χ1) is 10.2. The summed E-state index contributed by atoms with van der Waals surface area (Å²) in [6.07, 6.45) is 1.72. The molecule has 0 aliphatic heterocycles. The molecule has 0 radical (unpaired) electrons. The van der Waals surface area contributed by atoms with Gasteiger partial charge in [-0.25, -0.2) is 8.78 Å². The molecule has 0 aliphatic rings. The van der Waals surface area contributed by atoms with Crippen molar-refractivity contribution in [2.45, 2.75) is 16.3 Å². The van der Waals surface area contributed by atoms with Crippen LogP contribution in [0.15, 0.2) is 52.4 Å². The van der Waals surface area contributed by atoms with Crippen molar-refractivity contribution < 1.29 is 8.78 Å². The minimum Gasteiger partial charge on any atom is -0.360 e. The van der Waals surface area contributed by atoms with E-state index < -0.39 is 11.6 Å². The van der Waals surface area contributed by atoms with Gasteiger partial charge in [-0.3, -0.25) is 0 Å². The van der Waals surface area contributed by atoms with Gasteiger partial charge in [-0.2, -0.15) is 0 Å². The molecule has 0 saturated carbocycles. The van der Waals surface area contributed by atoms with E-state index in [0.29, 0.717) is 15.8 Å². The summed E-state index contributed by atoms with van der Waals surface area (Å²) in [4.78, 5) is 4.69. The fourth-order valence-corrected chi connectivity index (χ4v) is 3.34. The van der Waals surface area contributed by atoms with Gasteiger partial charge < -0.3 is 10.3 Å². The number of rotatable bonds is 4. The van der Waals surface area contributed by atoms with Crippen LogP contribution in [-0.2, 0) is 6.54 Å². The number of aromatic nitrogens is 1. The van der Waals surface area contributed by atoms with Gasteiger partial charge in [0.25, 0.3) is 0 Å². The Labute approximate surface area is 125 Å². The number of hydrogen-bond donors (Lipinski definition) is 2. The Kier molecular flexibility index (Phi) is 3.94. The summed E-state index contributed by atoms with van der Waals surface area (Å²) in [5, 5.41) is 3.41. The lowest BCUT2D eigenvalue weighted by atomic mass is 10.2. The first-order valence-electron chi connectivity index (χ1n) is 6.56. The quantitative estimate of drug-likeness (QED) is 0.751. The molecule has 2 nitrogen and oxygen atoms in total. The lowest BCUT2D eigenvalue weighted by Gasteiger charge is -2.08. The SMILES string of the molecule is CNCc1ccccc1Sc1c[nH]c2ccc(F)c(F)c12. The van der Waals surface area contributed by atoms with Crippen LogP contribution < -0.4 is 5.32 Å². The maximum absolute atomic E-state index is 14.0. The van der Waals surface area contributed by atoms with Gasteiger partial charge in [0.05, 0.1) is 5.39 Å². The van der Waals surface area contributed by atoms with E-state index >= 15 is 0 Å². The fraction of sp³-hybridized carbons (Fsp3) is 0.125. The molecule has 21 heavy (non-hydrogen) atoms. The van der Waals surface area contributed by atoms with Gasteiger partial charge in [0, 0.05) is 28.0 Å². The average molecular weight is 304 g/mol. The normalized spacial score (nSPS) is 11.2. The monoisotopic (exact) mass is 304 g/mol. The zero-order valence-corrected chi connectivity index (χ0v) is 12.2. The fourth-order valence-electron chi connectivity index (χ4n) is 2.27. The van der Waals surface area contributed by atoms with Gasteiger partial charge in [0.15, 0.2) is 11.6 Å². The zero-order chi connectivity index (χ0) is 14.8. The molecule has 0 fully saturated rings. The van der Waals surface area contributed by atoms with Crippen molar-refractivity contribution in [2.75, 3.05) is 7.05 Å². The summed E-state index contributed by atoms with van der Waals surface area (Å²) in [5.74, 6) is -1.63. The number of fused-ring (bicyclic) bond motifs is 1. The summed E-state index contributed by atoms with van der Waals surface area (Å²) >= 11 is 1.44. The van der Waals surface area contributed by atoms with Crippen LogP contribution in [0.2, 0.25) is 0 Å². The van der Waals surface area contributed by atoms with Crippen molar-refractivity contribution in [3.8, 4) is 0 Å². The highest BCUT2D eigenvalue weighted by molar-refractivity contribution is 7.99. The third-order valence-corrected chi connectivity index (χ3v) is 4.42. The summed E-state index contributed by atoms with van der Waals surface area (Å²) in [6.45, 7) is 0.725. The number of aromatic amines is 1. The minimum atomic E-state index is -0.826. The number of nitrogens with one attached hydrogen (secondary N) is 2. The Bertz CT molecular complexity index is 783. The molecule has 0 bridgehead atoms. The zero-order valence-electron chi connectivity index (χ0n) is 11.4. The van der Waals surface area contributed by atoms with E-state index in [1.165, 1.54) is 11.8 Å². The van der Waals surface area contributed by atoms with Crippen molar-refractivity contribution in [2.24, 2.45) is 0 Å². The predicted molar refractivity (Wildman–Crippen MR) is 81.5 cm³/mol. The molecule has 1 aromatic heterocycles. The van der Waals surface area contributed by atoms with Crippen LogP contribution in [0, 0.1) is 11.6 Å². The first kappa shape index (κ1) is 14.1. The minimum absolute atomic E-state index is 0.305. The van der Waals surface area contributed by atoms with Gasteiger partial charge in [0.2, 0.25) is 0 Å². The van der Waals surface area contributed by atoms with E-state index in [2.05, 4.69) is 10.3 Å². The van der Waals surface area contributed by atoms with Gasteiger partial charge >= 0.3 is 0 Å². The van der Waals surface area contributed by atoms with Crippen molar-refractivity contribution in [1.29, 1.82) is 0 Å². The van der Waals surface area contributed by atoms with E-state index in [-0.39, 0.29) is 0 Å². The molecular weight excluding hydrogens is 290 g/mol. The highest BCUT2D eigenvalue weighted by atomic mass is 32.2. The van der Waals surface area contributed by atoms with Crippen LogP contribution >= 0.6 is 11.8 Å².